The van der Waals surface area contributed by atoms with Crippen LogP contribution < -0.4 is 0 Å². The number of carbonyl (C=O) groups excluding carboxylic acids is 2. The summed E-state index contributed by atoms with van der Waals surface area (Å²) >= 11 is 0. The lowest BCUT2D eigenvalue weighted by molar-refractivity contribution is -0.139. The first kappa shape index (κ1) is 15.3. The highest BCUT2D eigenvalue weighted by Gasteiger charge is 2.42. The van der Waals surface area contributed by atoms with Gasteiger partial charge in [-0.15, -0.1) is 0 Å². The van der Waals surface area contributed by atoms with Crippen LogP contribution in [0.2, 0.25) is 0 Å². The molecule has 5 heteroatoms. The monoisotopic (exact) mass is 314 g/mol. The lowest BCUT2D eigenvalue weighted by Crippen LogP contribution is -2.24. The van der Waals surface area contributed by atoms with E-state index in [0.29, 0.717) is 5.57 Å². The molecule has 1 aliphatic heterocycles. The molecule has 0 bridgehead atoms. The first-order valence-corrected chi connectivity index (χ1v) is 7.57. The zero-order valence-corrected chi connectivity index (χ0v) is 13.1. The third kappa shape index (κ3) is 2.63. The largest absolute Gasteiger partial charge is 0.511 e. The van der Waals surface area contributed by atoms with Crippen LogP contribution in [0.4, 0.5) is 0 Å². The van der Waals surface area contributed by atoms with Gasteiger partial charge in [-0.05, 0) is 25.0 Å². The Morgan fingerprint density at radius 1 is 1.35 bits per heavy atom. The van der Waals surface area contributed by atoms with Crippen molar-refractivity contribution in [2.24, 2.45) is 0 Å². The Bertz CT molecular complexity index is 724. The molecule has 1 aliphatic carbocycles. The number of benzene rings is 1. The Morgan fingerprint density at radius 3 is 2.70 bits per heavy atom. The summed E-state index contributed by atoms with van der Waals surface area (Å²) < 4.78 is 10.2. The number of cyclic esters (lactones) is 1. The molecule has 0 aromatic heterocycles. The molecule has 1 N–H and O–H groups in total. The van der Waals surface area contributed by atoms with Gasteiger partial charge in [0.05, 0.1) is 23.7 Å². The van der Waals surface area contributed by atoms with E-state index >= 15 is 0 Å². The molecule has 0 radical (unpaired) electrons. The van der Waals surface area contributed by atoms with Gasteiger partial charge in [0.2, 0.25) is 0 Å². The van der Waals surface area contributed by atoms with E-state index in [1.165, 1.54) is 0 Å². The highest BCUT2D eigenvalue weighted by molar-refractivity contribution is 6.01. The van der Waals surface area contributed by atoms with Crippen molar-refractivity contribution in [1.29, 1.82) is 0 Å². The van der Waals surface area contributed by atoms with Crippen LogP contribution in [0, 0.1) is 6.92 Å². The third-order valence-corrected chi connectivity index (χ3v) is 4.15. The second-order valence-electron chi connectivity index (χ2n) is 5.69. The van der Waals surface area contributed by atoms with Crippen LogP contribution in [0.25, 0.3) is 0 Å². The van der Waals surface area contributed by atoms with E-state index in [9.17, 15) is 14.7 Å². The number of rotatable bonds is 3. The number of carbonyl (C=O) groups is 2. The Kier molecular flexibility index (Phi) is 3.94. The summed E-state index contributed by atoms with van der Waals surface area (Å²) in [7, 11) is 0. The molecule has 0 amide bonds. The molecule has 23 heavy (non-hydrogen) atoms. The maximum absolute atomic E-state index is 12.3. The van der Waals surface area contributed by atoms with Crippen molar-refractivity contribution >= 4 is 11.9 Å². The fourth-order valence-corrected chi connectivity index (χ4v) is 3.07. The van der Waals surface area contributed by atoms with E-state index in [0.717, 1.165) is 16.7 Å². The number of hydrogen-bond acceptors (Lipinski definition) is 5. The second-order valence-corrected chi connectivity index (χ2v) is 5.69. The Labute approximate surface area is 134 Å². The summed E-state index contributed by atoms with van der Waals surface area (Å²) in [5.74, 6) is -1.72. The maximum atomic E-state index is 12.3. The zero-order valence-electron chi connectivity index (χ0n) is 13.1. The minimum Gasteiger partial charge on any atom is -0.511 e. The fourth-order valence-electron chi connectivity index (χ4n) is 3.07. The molecule has 0 spiro atoms. The topological polar surface area (TPSA) is 72.8 Å². The quantitative estimate of drug-likeness (QED) is 0.868. The van der Waals surface area contributed by atoms with Crippen LogP contribution in [-0.4, -0.2) is 30.3 Å². The lowest BCUT2D eigenvalue weighted by Gasteiger charge is -2.25. The van der Waals surface area contributed by atoms with Gasteiger partial charge in [0.15, 0.2) is 0 Å². The standard InChI is InChI=1S/C18H18O5/c1-3-22-18(21)16-13(19)8-12-9-23-17(20)15(12)14(16)11-6-4-10(2)5-7-11/h4-7,14,19H,3,8-9H2,1-2H3. The number of aliphatic hydroxyl groups is 1. The molecule has 3 rings (SSSR count). The molecule has 1 atom stereocenters. The predicted molar refractivity (Wildman–Crippen MR) is 82.8 cm³/mol. The number of aryl methyl sites for hydroxylation is 1. The second kappa shape index (κ2) is 5.91. The molecule has 2 aliphatic rings. The van der Waals surface area contributed by atoms with Crippen molar-refractivity contribution in [1.82, 2.24) is 0 Å². The van der Waals surface area contributed by atoms with Crippen molar-refractivity contribution in [3.8, 4) is 0 Å². The van der Waals surface area contributed by atoms with Gasteiger partial charge in [-0.2, -0.15) is 0 Å². The first-order valence-electron chi connectivity index (χ1n) is 7.57. The molecule has 1 aromatic carbocycles. The highest BCUT2D eigenvalue weighted by atomic mass is 16.5. The molecule has 0 saturated carbocycles. The summed E-state index contributed by atoms with van der Waals surface area (Å²) in [6, 6.07) is 7.52. The van der Waals surface area contributed by atoms with Crippen molar-refractivity contribution in [2.45, 2.75) is 26.2 Å². The van der Waals surface area contributed by atoms with Crippen molar-refractivity contribution in [3.05, 3.63) is 57.9 Å². The molecule has 120 valence electrons. The number of esters is 2. The average molecular weight is 314 g/mol. The summed E-state index contributed by atoms with van der Waals surface area (Å²) in [5.41, 5.74) is 3.14. The Balaban J connectivity index is 2.13. The number of ether oxygens (including phenoxy) is 2. The minimum atomic E-state index is -0.645. The minimum absolute atomic E-state index is 0.0499. The van der Waals surface area contributed by atoms with Gasteiger partial charge < -0.3 is 14.6 Å². The fraction of sp³-hybridized carbons (Fsp3) is 0.333. The predicted octanol–water partition coefficient (Wildman–Crippen LogP) is 2.71. The molecule has 1 aromatic rings. The SMILES string of the molecule is CCOC(=O)C1=C(O)CC2=C(C(=O)OC2)C1c1ccc(C)cc1. The van der Waals surface area contributed by atoms with Crippen LogP contribution in [0.1, 0.15) is 30.4 Å². The zero-order chi connectivity index (χ0) is 16.6. The van der Waals surface area contributed by atoms with Crippen molar-refractivity contribution < 1.29 is 24.2 Å². The summed E-state index contributed by atoms with van der Waals surface area (Å²) in [4.78, 5) is 24.5. The number of hydrogen-bond donors (Lipinski definition) is 1. The van der Waals surface area contributed by atoms with Crippen LogP contribution in [0.3, 0.4) is 0 Å². The van der Waals surface area contributed by atoms with Crippen LogP contribution >= 0.6 is 0 Å². The van der Waals surface area contributed by atoms with E-state index in [4.69, 9.17) is 9.47 Å². The van der Waals surface area contributed by atoms with Gasteiger partial charge in [-0.1, -0.05) is 29.8 Å². The van der Waals surface area contributed by atoms with Crippen molar-refractivity contribution in [3.63, 3.8) is 0 Å². The van der Waals surface area contributed by atoms with Gasteiger partial charge in [-0.3, -0.25) is 0 Å². The van der Waals surface area contributed by atoms with Gasteiger partial charge in [0.25, 0.3) is 0 Å². The van der Waals surface area contributed by atoms with E-state index < -0.39 is 17.9 Å². The smallest absolute Gasteiger partial charge is 0.338 e. The Hall–Kier alpha value is -2.56. The molecule has 1 unspecified atom stereocenters. The molecule has 0 fully saturated rings. The van der Waals surface area contributed by atoms with Crippen LogP contribution in [0.5, 0.6) is 0 Å². The number of aliphatic hydroxyl groups excluding tert-OH is 1. The molecular weight excluding hydrogens is 296 g/mol. The van der Waals surface area contributed by atoms with Crippen LogP contribution in [-0.2, 0) is 19.1 Å². The van der Waals surface area contributed by atoms with Gasteiger partial charge in [-0.25, -0.2) is 9.59 Å². The van der Waals surface area contributed by atoms with E-state index in [1.54, 1.807) is 6.92 Å². The maximum Gasteiger partial charge on any atom is 0.338 e. The average Bonchev–Trinajstić information content (AvgIpc) is 2.88. The van der Waals surface area contributed by atoms with Gasteiger partial charge in [0.1, 0.15) is 12.4 Å². The highest BCUT2D eigenvalue weighted by Crippen LogP contribution is 2.44. The normalized spacial score (nSPS) is 20.4. The molecular formula is C18H18O5. The summed E-state index contributed by atoms with van der Waals surface area (Å²) in [5, 5.41) is 10.4. The van der Waals surface area contributed by atoms with E-state index in [-0.39, 0.29) is 31.0 Å². The van der Waals surface area contributed by atoms with Crippen molar-refractivity contribution in [2.75, 3.05) is 13.2 Å². The summed E-state index contributed by atoms with van der Waals surface area (Å²) in [6.45, 7) is 4.02. The third-order valence-electron chi connectivity index (χ3n) is 4.15. The number of allylic oxidation sites excluding steroid dienone is 1. The van der Waals surface area contributed by atoms with E-state index in [2.05, 4.69) is 0 Å². The van der Waals surface area contributed by atoms with Crippen LogP contribution in [0.15, 0.2) is 46.7 Å². The molecule has 0 saturated heterocycles. The first-order chi connectivity index (χ1) is 11.0. The van der Waals surface area contributed by atoms with Gasteiger partial charge >= 0.3 is 11.9 Å². The molecule has 1 heterocycles. The Morgan fingerprint density at radius 2 is 2.04 bits per heavy atom. The molecule has 5 nitrogen and oxygen atoms in total. The summed E-state index contributed by atoms with van der Waals surface area (Å²) in [6.07, 6.45) is 0.150. The lowest BCUT2D eigenvalue weighted by atomic mass is 9.77. The van der Waals surface area contributed by atoms with Gasteiger partial charge in [0, 0.05) is 6.42 Å². The van der Waals surface area contributed by atoms with E-state index in [1.807, 2.05) is 31.2 Å².